The van der Waals surface area contributed by atoms with Gasteiger partial charge in [0.05, 0.1) is 11.1 Å². The highest BCUT2D eigenvalue weighted by Gasteiger charge is 2.22. The third-order valence-corrected chi connectivity index (χ3v) is 4.90. The number of hydrogen-bond acceptors (Lipinski definition) is 6. The standard InChI is InChI=1S/C11H10FN3O4S2/c1-20(16,17)8-2-3-9(12)10(6-8)21(18,19)15-11-7-13-4-5-14-11/h2-7H,1H3,(H,14,15). The molecule has 2 aromatic rings. The number of hydrogen-bond donors (Lipinski definition) is 1. The second-order valence-electron chi connectivity index (χ2n) is 4.06. The van der Waals surface area contributed by atoms with E-state index in [9.17, 15) is 21.2 Å². The predicted molar refractivity (Wildman–Crippen MR) is 72.4 cm³/mol. The van der Waals surface area contributed by atoms with Gasteiger partial charge in [0.15, 0.2) is 15.7 Å². The van der Waals surface area contributed by atoms with Gasteiger partial charge >= 0.3 is 0 Å². The van der Waals surface area contributed by atoms with Crippen LogP contribution in [0.15, 0.2) is 46.6 Å². The van der Waals surface area contributed by atoms with Crippen LogP contribution < -0.4 is 4.72 Å². The highest BCUT2D eigenvalue weighted by Crippen LogP contribution is 2.21. The van der Waals surface area contributed by atoms with Gasteiger partial charge in [0.2, 0.25) is 0 Å². The fraction of sp³-hybridized carbons (Fsp3) is 0.0909. The molecular weight excluding hydrogens is 321 g/mol. The number of nitrogens with one attached hydrogen (secondary N) is 1. The molecule has 10 heteroatoms. The van der Waals surface area contributed by atoms with Crippen molar-refractivity contribution in [1.29, 1.82) is 0 Å². The number of nitrogens with zero attached hydrogens (tertiary/aromatic N) is 2. The number of benzene rings is 1. The number of sulfone groups is 1. The molecule has 1 heterocycles. The minimum atomic E-state index is -4.32. The number of rotatable bonds is 4. The van der Waals surface area contributed by atoms with Crippen molar-refractivity contribution < 1.29 is 21.2 Å². The summed E-state index contributed by atoms with van der Waals surface area (Å²) in [6, 6.07) is 2.52. The predicted octanol–water partition coefficient (Wildman–Crippen LogP) is 0.820. The Hall–Kier alpha value is -2.07. The molecule has 112 valence electrons. The second-order valence-corrected chi connectivity index (χ2v) is 7.73. The van der Waals surface area contributed by atoms with E-state index in [0.29, 0.717) is 0 Å². The highest BCUT2D eigenvalue weighted by atomic mass is 32.2. The van der Waals surface area contributed by atoms with Crippen molar-refractivity contribution in [2.24, 2.45) is 0 Å². The molecule has 0 aliphatic rings. The third kappa shape index (κ3) is 3.52. The van der Waals surface area contributed by atoms with Crippen molar-refractivity contribution in [1.82, 2.24) is 9.97 Å². The smallest absolute Gasteiger partial charge is 0.262 e. The first-order chi connectivity index (χ1) is 9.70. The van der Waals surface area contributed by atoms with E-state index in [4.69, 9.17) is 0 Å². The Morgan fingerprint density at radius 2 is 1.86 bits per heavy atom. The third-order valence-electron chi connectivity index (χ3n) is 2.42. The zero-order valence-corrected chi connectivity index (χ0v) is 12.3. The fourth-order valence-corrected chi connectivity index (χ4v) is 3.28. The van der Waals surface area contributed by atoms with Gasteiger partial charge in [-0.15, -0.1) is 0 Å². The molecule has 0 atom stereocenters. The topological polar surface area (TPSA) is 106 Å². The van der Waals surface area contributed by atoms with Crippen LogP contribution in [0.25, 0.3) is 0 Å². The molecular formula is C11H10FN3O4S2. The molecule has 0 saturated heterocycles. The first kappa shape index (κ1) is 15.3. The van der Waals surface area contributed by atoms with Gasteiger partial charge in [-0.3, -0.25) is 9.71 Å². The van der Waals surface area contributed by atoms with Crippen LogP contribution in [0.4, 0.5) is 10.2 Å². The van der Waals surface area contributed by atoms with Crippen LogP contribution in [0.1, 0.15) is 0 Å². The SMILES string of the molecule is CS(=O)(=O)c1ccc(F)c(S(=O)(=O)Nc2cnccn2)c1. The minimum absolute atomic E-state index is 0.110. The summed E-state index contributed by atoms with van der Waals surface area (Å²) in [6.07, 6.45) is 4.62. The molecule has 0 aliphatic heterocycles. The van der Waals surface area contributed by atoms with Crippen LogP contribution in [0.2, 0.25) is 0 Å². The number of anilines is 1. The molecule has 1 aromatic carbocycles. The lowest BCUT2D eigenvalue weighted by atomic mass is 10.3. The Morgan fingerprint density at radius 1 is 1.14 bits per heavy atom. The van der Waals surface area contributed by atoms with Crippen LogP contribution in [-0.4, -0.2) is 33.1 Å². The van der Waals surface area contributed by atoms with Gasteiger partial charge in [-0.25, -0.2) is 26.2 Å². The van der Waals surface area contributed by atoms with E-state index in [0.717, 1.165) is 30.7 Å². The van der Waals surface area contributed by atoms with E-state index in [-0.39, 0.29) is 10.7 Å². The molecule has 0 bridgehead atoms. The van der Waals surface area contributed by atoms with E-state index in [1.807, 2.05) is 4.72 Å². The Morgan fingerprint density at radius 3 is 2.43 bits per heavy atom. The first-order valence-electron chi connectivity index (χ1n) is 5.48. The van der Waals surface area contributed by atoms with Crippen molar-refractivity contribution >= 4 is 25.7 Å². The Balaban J connectivity index is 2.50. The zero-order valence-electron chi connectivity index (χ0n) is 10.7. The zero-order chi connectivity index (χ0) is 15.7. The lowest BCUT2D eigenvalue weighted by molar-refractivity contribution is 0.567. The van der Waals surface area contributed by atoms with E-state index >= 15 is 0 Å². The van der Waals surface area contributed by atoms with E-state index in [1.165, 1.54) is 12.4 Å². The molecule has 2 rings (SSSR count). The summed E-state index contributed by atoms with van der Waals surface area (Å²) in [6.45, 7) is 0. The van der Waals surface area contributed by atoms with Gasteiger partial charge < -0.3 is 0 Å². The maximum atomic E-state index is 13.7. The first-order valence-corrected chi connectivity index (χ1v) is 8.86. The Kier molecular flexibility index (Phi) is 3.92. The average molecular weight is 331 g/mol. The number of sulfonamides is 1. The molecule has 0 amide bonds. The maximum Gasteiger partial charge on any atom is 0.266 e. The van der Waals surface area contributed by atoms with Crippen molar-refractivity contribution in [2.45, 2.75) is 9.79 Å². The number of aromatic nitrogens is 2. The van der Waals surface area contributed by atoms with E-state index in [1.54, 1.807) is 0 Å². The summed E-state index contributed by atoms with van der Waals surface area (Å²) >= 11 is 0. The summed E-state index contributed by atoms with van der Waals surface area (Å²) in [7, 11) is -7.98. The summed E-state index contributed by atoms with van der Waals surface area (Å²) in [5.74, 6) is -1.18. The molecule has 1 N–H and O–H groups in total. The van der Waals surface area contributed by atoms with Crippen molar-refractivity contribution in [3.05, 3.63) is 42.6 Å². The molecule has 0 unspecified atom stereocenters. The number of halogens is 1. The highest BCUT2D eigenvalue weighted by molar-refractivity contribution is 7.93. The van der Waals surface area contributed by atoms with Crippen molar-refractivity contribution in [3.63, 3.8) is 0 Å². The maximum absolute atomic E-state index is 13.7. The molecule has 7 nitrogen and oxygen atoms in total. The summed E-state index contributed by atoms with van der Waals surface area (Å²) in [5.41, 5.74) is 0. The van der Waals surface area contributed by atoms with Crippen LogP contribution >= 0.6 is 0 Å². The van der Waals surface area contributed by atoms with Gasteiger partial charge in [-0.2, -0.15) is 0 Å². The van der Waals surface area contributed by atoms with Crippen LogP contribution in [-0.2, 0) is 19.9 Å². The quantitative estimate of drug-likeness (QED) is 0.831. The lowest BCUT2D eigenvalue weighted by Gasteiger charge is -2.09. The van der Waals surface area contributed by atoms with Crippen LogP contribution in [0.5, 0.6) is 0 Å². The van der Waals surface area contributed by atoms with Gasteiger partial charge in [-0.1, -0.05) is 0 Å². The molecule has 1 aromatic heterocycles. The molecule has 0 fully saturated rings. The minimum Gasteiger partial charge on any atom is -0.262 e. The van der Waals surface area contributed by atoms with Crippen molar-refractivity contribution in [3.8, 4) is 0 Å². The van der Waals surface area contributed by atoms with Crippen LogP contribution in [0, 0.1) is 5.82 Å². The normalized spacial score (nSPS) is 12.1. The summed E-state index contributed by atoms with van der Waals surface area (Å²) in [4.78, 5) is 6.28. The largest absolute Gasteiger partial charge is 0.266 e. The van der Waals surface area contributed by atoms with Gasteiger partial charge in [0, 0.05) is 18.6 Å². The average Bonchev–Trinajstić information content (AvgIpc) is 2.38. The Bertz CT molecular complexity index is 868. The molecule has 21 heavy (non-hydrogen) atoms. The summed E-state index contributed by atoms with van der Waals surface area (Å²) < 4.78 is 62.7. The van der Waals surface area contributed by atoms with Crippen LogP contribution in [0.3, 0.4) is 0 Å². The Labute approximate surface area is 120 Å². The fourth-order valence-electron chi connectivity index (χ4n) is 1.46. The molecule has 0 spiro atoms. The molecule has 0 aliphatic carbocycles. The van der Waals surface area contributed by atoms with Gasteiger partial charge in [0.1, 0.15) is 10.7 Å². The van der Waals surface area contributed by atoms with Gasteiger partial charge in [-0.05, 0) is 18.2 Å². The summed E-state index contributed by atoms with van der Waals surface area (Å²) in [5, 5.41) is 0. The lowest BCUT2D eigenvalue weighted by Crippen LogP contribution is -2.16. The van der Waals surface area contributed by atoms with Crippen molar-refractivity contribution in [2.75, 3.05) is 11.0 Å². The van der Waals surface area contributed by atoms with Gasteiger partial charge in [0.25, 0.3) is 10.0 Å². The van der Waals surface area contributed by atoms with E-state index in [2.05, 4.69) is 9.97 Å². The van der Waals surface area contributed by atoms with E-state index < -0.39 is 30.6 Å². The monoisotopic (exact) mass is 331 g/mol. The molecule has 0 radical (unpaired) electrons. The second kappa shape index (κ2) is 5.37. The molecule has 0 saturated carbocycles.